The number of benzene rings is 1. The van der Waals surface area contributed by atoms with Crippen molar-refractivity contribution in [2.75, 3.05) is 12.4 Å². The van der Waals surface area contributed by atoms with Gasteiger partial charge in [0.25, 0.3) is 0 Å². The average Bonchev–Trinajstić information content (AvgIpc) is 2.40. The lowest BCUT2D eigenvalue weighted by atomic mass is 10.2. The molecule has 0 unspecified atom stereocenters. The van der Waals surface area contributed by atoms with Gasteiger partial charge in [0.05, 0.1) is 7.11 Å². The van der Waals surface area contributed by atoms with Crippen LogP contribution < -0.4 is 10.1 Å². The minimum atomic E-state index is 0.663. The molecule has 0 fully saturated rings. The number of nitrogens with zero attached hydrogens (tertiary/aromatic N) is 1. The summed E-state index contributed by atoms with van der Waals surface area (Å²) < 4.78 is 6.32. The molecular weight excluding hydrogens is 292 g/mol. The quantitative estimate of drug-likeness (QED) is 0.933. The Kier molecular flexibility index (Phi) is 4.20. The maximum absolute atomic E-state index is 5.22. The van der Waals surface area contributed by atoms with Crippen molar-refractivity contribution in [3.8, 4) is 5.88 Å². The molecule has 1 heterocycles. The fourth-order valence-corrected chi connectivity index (χ4v) is 2.02. The summed E-state index contributed by atoms with van der Waals surface area (Å²) >= 11 is 3.52. The Labute approximate surface area is 115 Å². The third-order valence-electron chi connectivity index (χ3n) is 2.70. The summed E-state index contributed by atoms with van der Waals surface area (Å²) in [5, 5.41) is 3.35. The number of ether oxygens (including phenoxy) is 1. The Bertz CT molecular complexity index is 543. The Morgan fingerprint density at radius 2 is 2.17 bits per heavy atom. The molecular formula is C14H15BrN2O. The summed E-state index contributed by atoms with van der Waals surface area (Å²) in [6, 6.07) is 10.1. The lowest BCUT2D eigenvalue weighted by Crippen LogP contribution is -2.02. The summed E-state index contributed by atoms with van der Waals surface area (Å²) in [5.74, 6) is 0.663. The first-order valence-electron chi connectivity index (χ1n) is 5.68. The predicted octanol–water partition coefficient (Wildman–Crippen LogP) is 3.77. The normalized spacial score (nSPS) is 10.2. The van der Waals surface area contributed by atoms with E-state index >= 15 is 0 Å². The van der Waals surface area contributed by atoms with Crippen LogP contribution in [0, 0.1) is 6.92 Å². The highest BCUT2D eigenvalue weighted by Gasteiger charge is 2.03. The number of pyridine rings is 1. The van der Waals surface area contributed by atoms with Crippen LogP contribution in [0.4, 0.5) is 5.69 Å². The second kappa shape index (κ2) is 5.87. The van der Waals surface area contributed by atoms with Crippen LogP contribution in [0.25, 0.3) is 0 Å². The molecule has 0 saturated heterocycles. The molecule has 2 aromatic rings. The van der Waals surface area contributed by atoms with Crippen LogP contribution in [-0.4, -0.2) is 12.1 Å². The van der Waals surface area contributed by atoms with Gasteiger partial charge in [-0.25, -0.2) is 4.98 Å². The highest BCUT2D eigenvalue weighted by Crippen LogP contribution is 2.22. The lowest BCUT2D eigenvalue weighted by molar-refractivity contribution is 0.393. The summed E-state index contributed by atoms with van der Waals surface area (Å²) in [7, 11) is 1.63. The number of rotatable bonds is 4. The molecule has 1 aromatic heterocycles. The van der Waals surface area contributed by atoms with E-state index < -0.39 is 0 Å². The molecule has 0 aliphatic rings. The predicted molar refractivity (Wildman–Crippen MR) is 77.0 cm³/mol. The summed E-state index contributed by atoms with van der Waals surface area (Å²) in [6.07, 6.45) is 1.73. The van der Waals surface area contributed by atoms with E-state index in [0.717, 1.165) is 15.7 Å². The minimum absolute atomic E-state index is 0.663. The topological polar surface area (TPSA) is 34.1 Å². The van der Waals surface area contributed by atoms with Crippen molar-refractivity contribution in [3.05, 3.63) is 52.1 Å². The number of hydrogen-bond acceptors (Lipinski definition) is 3. The van der Waals surface area contributed by atoms with Gasteiger partial charge in [0.2, 0.25) is 5.88 Å². The van der Waals surface area contributed by atoms with Gasteiger partial charge in [-0.15, -0.1) is 0 Å². The second-order valence-electron chi connectivity index (χ2n) is 3.99. The molecule has 0 atom stereocenters. The lowest BCUT2D eigenvalue weighted by Gasteiger charge is -2.10. The Hall–Kier alpha value is -1.55. The summed E-state index contributed by atoms with van der Waals surface area (Å²) in [6.45, 7) is 2.75. The number of methoxy groups -OCH3 is 1. The summed E-state index contributed by atoms with van der Waals surface area (Å²) in [5.41, 5.74) is 3.33. The number of aromatic nitrogens is 1. The third kappa shape index (κ3) is 3.01. The largest absolute Gasteiger partial charge is 0.481 e. The molecule has 0 bridgehead atoms. The van der Waals surface area contributed by atoms with Crippen molar-refractivity contribution >= 4 is 21.6 Å². The van der Waals surface area contributed by atoms with E-state index in [0.29, 0.717) is 12.4 Å². The maximum Gasteiger partial charge on any atom is 0.218 e. The molecule has 1 aromatic carbocycles. The third-order valence-corrected chi connectivity index (χ3v) is 3.55. The average molecular weight is 307 g/mol. The molecule has 0 radical (unpaired) electrons. The molecule has 4 heteroatoms. The van der Waals surface area contributed by atoms with Crippen molar-refractivity contribution in [1.82, 2.24) is 4.98 Å². The van der Waals surface area contributed by atoms with Crippen LogP contribution in [0.5, 0.6) is 5.88 Å². The van der Waals surface area contributed by atoms with Crippen molar-refractivity contribution in [3.63, 3.8) is 0 Å². The number of nitrogens with one attached hydrogen (secondary N) is 1. The molecule has 0 amide bonds. The van der Waals surface area contributed by atoms with E-state index in [-0.39, 0.29) is 0 Å². The van der Waals surface area contributed by atoms with E-state index in [1.165, 1.54) is 5.56 Å². The van der Waals surface area contributed by atoms with Crippen LogP contribution >= 0.6 is 15.9 Å². The van der Waals surface area contributed by atoms with Gasteiger partial charge in [-0.05, 0) is 30.7 Å². The second-order valence-corrected chi connectivity index (χ2v) is 4.84. The molecule has 0 saturated carbocycles. The fraction of sp³-hybridized carbons (Fsp3) is 0.214. The van der Waals surface area contributed by atoms with Gasteiger partial charge in [0.15, 0.2) is 0 Å². The standard InChI is InChI=1S/C14H15BrN2O/c1-10-5-6-12(8-13(10)15)17-9-11-4-3-7-16-14(11)18-2/h3-8,17H,9H2,1-2H3. The molecule has 94 valence electrons. The minimum Gasteiger partial charge on any atom is -0.481 e. The first kappa shape index (κ1) is 12.9. The van der Waals surface area contributed by atoms with E-state index in [1.807, 2.05) is 12.1 Å². The fourth-order valence-electron chi connectivity index (χ4n) is 1.64. The van der Waals surface area contributed by atoms with Gasteiger partial charge in [-0.3, -0.25) is 0 Å². The zero-order chi connectivity index (χ0) is 13.0. The van der Waals surface area contributed by atoms with Crippen molar-refractivity contribution < 1.29 is 4.74 Å². The monoisotopic (exact) mass is 306 g/mol. The van der Waals surface area contributed by atoms with Crippen molar-refractivity contribution in [2.24, 2.45) is 0 Å². The number of halogens is 1. The van der Waals surface area contributed by atoms with Gasteiger partial charge in [-0.2, -0.15) is 0 Å². The van der Waals surface area contributed by atoms with Crippen LogP contribution in [0.15, 0.2) is 41.0 Å². The van der Waals surface area contributed by atoms with E-state index in [4.69, 9.17) is 4.74 Å². The van der Waals surface area contributed by atoms with E-state index in [1.54, 1.807) is 13.3 Å². The molecule has 0 spiro atoms. The zero-order valence-electron chi connectivity index (χ0n) is 10.4. The molecule has 18 heavy (non-hydrogen) atoms. The zero-order valence-corrected chi connectivity index (χ0v) is 12.0. The van der Waals surface area contributed by atoms with Crippen LogP contribution in [-0.2, 0) is 6.54 Å². The van der Waals surface area contributed by atoms with Crippen LogP contribution in [0.2, 0.25) is 0 Å². The van der Waals surface area contributed by atoms with Crippen molar-refractivity contribution in [2.45, 2.75) is 13.5 Å². The first-order valence-corrected chi connectivity index (χ1v) is 6.48. The van der Waals surface area contributed by atoms with Gasteiger partial charge < -0.3 is 10.1 Å². The van der Waals surface area contributed by atoms with Crippen LogP contribution in [0.1, 0.15) is 11.1 Å². The highest BCUT2D eigenvalue weighted by atomic mass is 79.9. The first-order chi connectivity index (χ1) is 8.70. The molecule has 0 aliphatic heterocycles. The summed E-state index contributed by atoms with van der Waals surface area (Å²) in [4.78, 5) is 4.17. The van der Waals surface area contributed by atoms with Gasteiger partial charge in [-0.1, -0.05) is 28.1 Å². The molecule has 0 aliphatic carbocycles. The molecule has 3 nitrogen and oxygen atoms in total. The Balaban J connectivity index is 2.09. The van der Waals surface area contributed by atoms with Gasteiger partial charge in [0, 0.05) is 28.5 Å². The van der Waals surface area contributed by atoms with Gasteiger partial charge in [0.1, 0.15) is 0 Å². The number of hydrogen-bond donors (Lipinski definition) is 1. The number of aryl methyl sites for hydroxylation is 1. The molecule has 2 rings (SSSR count). The van der Waals surface area contributed by atoms with E-state index in [2.05, 4.69) is 51.4 Å². The number of anilines is 1. The maximum atomic E-state index is 5.22. The SMILES string of the molecule is COc1ncccc1CNc1ccc(C)c(Br)c1. The van der Waals surface area contributed by atoms with Crippen molar-refractivity contribution in [1.29, 1.82) is 0 Å². The van der Waals surface area contributed by atoms with Gasteiger partial charge >= 0.3 is 0 Å². The molecule has 1 N–H and O–H groups in total. The highest BCUT2D eigenvalue weighted by molar-refractivity contribution is 9.10. The smallest absolute Gasteiger partial charge is 0.218 e. The van der Waals surface area contributed by atoms with Crippen LogP contribution in [0.3, 0.4) is 0 Å². The Morgan fingerprint density at radius 3 is 2.89 bits per heavy atom. The van der Waals surface area contributed by atoms with E-state index in [9.17, 15) is 0 Å². The Morgan fingerprint density at radius 1 is 1.33 bits per heavy atom.